The fourth-order valence-electron chi connectivity index (χ4n) is 6.50. The van der Waals surface area contributed by atoms with E-state index in [4.69, 9.17) is 9.97 Å². The standard InChI is InChI=1S/C35H23N3/c1-3-12-24(13-4-1)35(25-14-5-2-6-15-25)29-17-8-7-16-26(29)27-23-32-28(22-30(27)35)34-31(18-11-21-37-34)38(32)33-19-9-10-20-36-33/h1-23H. The molecular weight excluding hydrogens is 462 g/mol. The summed E-state index contributed by atoms with van der Waals surface area (Å²) < 4.78 is 2.24. The Morgan fingerprint density at radius 3 is 1.92 bits per heavy atom. The van der Waals surface area contributed by atoms with Gasteiger partial charge in [-0.3, -0.25) is 9.55 Å². The van der Waals surface area contributed by atoms with Crippen molar-refractivity contribution in [3.63, 3.8) is 0 Å². The van der Waals surface area contributed by atoms with Crippen LogP contribution in [0.4, 0.5) is 0 Å². The molecule has 8 rings (SSSR count). The van der Waals surface area contributed by atoms with Gasteiger partial charge >= 0.3 is 0 Å². The summed E-state index contributed by atoms with van der Waals surface area (Å²) in [6, 6.07) is 45.6. The van der Waals surface area contributed by atoms with Gasteiger partial charge in [0.1, 0.15) is 5.82 Å². The van der Waals surface area contributed by atoms with Gasteiger partial charge in [0.2, 0.25) is 0 Å². The molecule has 4 aromatic carbocycles. The lowest BCUT2D eigenvalue weighted by molar-refractivity contribution is 0.769. The van der Waals surface area contributed by atoms with Crippen LogP contribution in [0.2, 0.25) is 0 Å². The zero-order valence-electron chi connectivity index (χ0n) is 20.6. The molecule has 3 aromatic heterocycles. The van der Waals surface area contributed by atoms with Crippen molar-refractivity contribution in [3.8, 4) is 16.9 Å². The lowest BCUT2D eigenvalue weighted by Crippen LogP contribution is -2.28. The van der Waals surface area contributed by atoms with Crippen LogP contribution in [0.15, 0.2) is 140 Å². The Labute approximate surface area is 220 Å². The number of nitrogens with zero attached hydrogens (tertiary/aromatic N) is 3. The fraction of sp³-hybridized carbons (Fsp3) is 0.0286. The van der Waals surface area contributed by atoms with E-state index in [0.717, 1.165) is 27.8 Å². The van der Waals surface area contributed by atoms with E-state index in [2.05, 4.69) is 114 Å². The molecule has 0 saturated carbocycles. The molecule has 0 unspecified atom stereocenters. The minimum absolute atomic E-state index is 0.434. The molecule has 0 bridgehead atoms. The van der Waals surface area contributed by atoms with Gasteiger partial charge in [0.15, 0.2) is 0 Å². The predicted octanol–water partition coefficient (Wildman–Crippen LogP) is 7.94. The van der Waals surface area contributed by atoms with Crippen molar-refractivity contribution in [1.29, 1.82) is 0 Å². The van der Waals surface area contributed by atoms with Gasteiger partial charge < -0.3 is 0 Å². The Morgan fingerprint density at radius 2 is 1.18 bits per heavy atom. The molecule has 0 amide bonds. The van der Waals surface area contributed by atoms with E-state index in [9.17, 15) is 0 Å². The number of benzene rings is 4. The highest BCUT2D eigenvalue weighted by Crippen LogP contribution is 2.57. The van der Waals surface area contributed by atoms with Crippen LogP contribution in [-0.2, 0) is 5.41 Å². The van der Waals surface area contributed by atoms with Crippen LogP contribution in [0.1, 0.15) is 22.3 Å². The highest BCUT2D eigenvalue weighted by Gasteiger charge is 2.46. The van der Waals surface area contributed by atoms with Crippen molar-refractivity contribution in [3.05, 3.63) is 162 Å². The fourth-order valence-corrected chi connectivity index (χ4v) is 6.50. The molecule has 0 aliphatic heterocycles. The van der Waals surface area contributed by atoms with Gasteiger partial charge in [-0.05, 0) is 69.8 Å². The maximum absolute atomic E-state index is 4.87. The SMILES string of the molecule is c1ccc(C2(c3ccccc3)c3ccccc3-c3cc4c(cc32)c2ncccc2n4-c2ccccn2)cc1. The first-order chi connectivity index (χ1) is 18.9. The van der Waals surface area contributed by atoms with Crippen LogP contribution < -0.4 is 0 Å². The first-order valence-corrected chi connectivity index (χ1v) is 12.9. The van der Waals surface area contributed by atoms with Crippen LogP contribution in [0.3, 0.4) is 0 Å². The smallest absolute Gasteiger partial charge is 0.137 e. The quantitative estimate of drug-likeness (QED) is 0.254. The van der Waals surface area contributed by atoms with Crippen molar-refractivity contribution >= 4 is 21.9 Å². The topological polar surface area (TPSA) is 30.7 Å². The van der Waals surface area contributed by atoms with E-state index in [1.54, 1.807) is 0 Å². The van der Waals surface area contributed by atoms with Crippen molar-refractivity contribution in [2.24, 2.45) is 0 Å². The molecule has 0 fully saturated rings. The molecule has 0 saturated heterocycles. The number of pyridine rings is 2. The highest BCUT2D eigenvalue weighted by molar-refractivity contribution is 6.09. The molecule has 3 heterocycles. The van der Waals surface area contributed by atoms with E-state index < -0.39 is 5.41 Å². The summed E-state index contributed by atoms with van der Waals surface area (Å²) in [5.74, 6) is 0.893. The molecular formula is C35H23N3. The van der Waals surface area contributed by atoms with Crippen molar-refractivity contribution in [2.75, 3.05) is 0 Å². The molecule has 7 aromatic rings. The average molecular weight is 486 g/mol. The van der Waals surface area contributed by atoms with Crippen LogP contribution in [0, 0.1) is 0 Å². The van der Waals surface area contributed by atoms with Crippen molar-refractivity contribution in [2.45, 2.75) is 5.41 Å². The third-order valence-electron chi connectivity index (χ3n) is 7.98. The Hall–Kier alpha value is -5.02. The lowest BCUT2D eigenvalue weighted by Gasteiger charge is -2.33. The third-order valence-corrected chi connectivity index (χ3v) is 7.98. The third kappa shape index (κ3) is 2.73. The monoisotopic (exact) mass is 485 g/mol. The first-order valence-electron chi connectivity index (χ1n) is 12.9. The molecule has 0 radical (unpaired) electrons. The van der Waals surface area contributed by atoms with Gasteiger partial charge in [0, 0.05) is 17.8 Å². The van der Waals surface area contributed by atoms with E-state index in [1.165, 1.54) is 33.4 Å². The molecule has 38 heavy (non-hydrogen) atoms. The van der Waals surface area contributed by atoms with Crippen LogP contribution >= 0.6 is 0 Å². The number of hydrogen-bond donors (Lipinski definition) is 0. The summed E-state index contributed by atoms with van der Waals surface area (Å²) >= 11 is 0. The van der Waals surface area contributed by atoms with E-state index in [-0.39, 0.29) is 0 Å². The largest absolute Gasteiger partial charge is 0.292 e. The molecule has 0 atom stereocenters. The Bertz CT molecular complexity index is 1920. The minimum atomic E-state index is -0.434. The molecule has 0 N–H and O–H groups in total. The Balaban J connectivity index is 1.57. The van der Waals surface area contributed by atoms with Crippen LogP contribution in [0.5, 0.6) is 0 Å². The maximum atomic E-state index is 4.87. The summed E-state index contributed by atoms with van der Waals surface area (Å²) in [6.07, 6.45) is 3.73. The zero-order chi connectivity index (χ0) is 25.1. The second-order valence-electron chi connectivity index (χ2n) is 9.84. The number of hydrogen-bond acceptors (Lipinski definition) is 2. The highest BCUT2D eigenvalue weighted by atomic mass is 15.1. The van der Waals surface area contributed by atoms with Gasteiger partial charge in [-0.25, -0.2) is 4.98 Å². The second-order valence-corrected chi connectivity index (χ2v) is 9.84. The van der Waals surface area contributed by atoms with E-state index >= 15 is 0 Å². The summed E-state index contributed by atoms with van der Waals surface area (Å²) in [5, 5.41) is 1.13. The minimum Gasteiger partial charge on any atom is -0.292 e. The maximum Gasteiger partial charge on any atom is 0.137 e. The van der Waals surface area contributed by atoms with Gasteiger partial charge in [-0.1, -0.05) is 91.0 Å². The van der Waals surface area contributed by atoms with Gasteiger partial charge in [0.05, 0.1) is 22.0 Å². The van der Waals surface area contributed by atoms with Gasteiger partial charge in [-0.2, -0.15) is 0 Å². The normalized spacial score (nSPS) is 13.5. The van der Waals surface area contributed by atoms with Crippen LogP contribution in [-0.4, -0.2) is 14.5 Å². The molecule has 1 aliphatic carbocycles. The van der Waals surface area contributed by atoms with Gasteiger partial charge in [-0.15, -0.1) is 0 Å². The Kier molecular flexibility index (Phi) is 4.44. The van der Waals surface area contributed by atoms with Crippen molar-refractivity contribution in [1.82, 2.24) is 14.5 Å². The summed E-state index contributed by atoms with van der Waals surface area (Å²) in [5.41, 5.74) is 10.4. The zero-order valence-corrected chi connectivity index (χ0v) is 20.6. The summed E-state index contributed by atoms with van der Waals surface area (Å²) in [6.45, 7) is 0. The number of rotatable bonds is 3. The Morgan fingerprint density at radius 1 is 0.500 bits per heavy atom. The average Bonchev–Trinajstić information content (AvgIpc) is 3.48. The molecule has 0 spiro atoms. The predicted molar refractivity (Wildman–Crippen MR) is 154 cm³/mol. The lowest BCUT2D eigenvalue weighted by atomic mass is 9.67. The first kappa shape index (κ1) is 21.1. The molecule has 3 heteroatoms. The van der Waals surface area contributed by atoms with E-state index in [1.807, 2.05) is 30.6 Å². The molecule has 178 valence electrons. The van der Waals surface area contributed by atoms with Crippen LogP contribution in [0.25, 0.3) is 38.9 Å². The molecule has 1 aliphatic rings. The van der Waals surface area contributed by atoms with E-state index in [0.29, 0.717) is 0 Å². The molecule has 3 nitrogen and oxygen atoms in total. The number of aromatic nitrogens is 3. The summed E-state index contributed by atoms with van der Waals surface area (Å²) in [4.78, 5) is 9.59. The summed E-state index contributed by atoms with van der Waals surface area (Å²) in [7, 11) is 0. The number of fused-ring (bicyclic) bond motifs is 6. The van der Waals surface area contributed by atoms with Crippen molar-refractivity contribution < 1.29 is 0 Å². The second kappa shape index (κ2) is 7.99. The van der Waals surface area contributed by atoms with Gasteiger partial charge in [0.25, 0.3) is 0 Å².